The molecule has 0 fully saturated rings. The van der Waals surface area contributed by atoms with Crippen molar-refractivity contribution in [3.8, 4) is 0 Å². The molecule has 4 heteroatoms. The van der Waals surface area contributed by atoms with Crippen LogP contribution in [0.2, 0.25) is 0 Å². The molecule has 0 spiro atoms. The standard InChI is InChI=1S/C13H24N4/c1-5-8-11(6-2)16-12-9-10(4)15-13(17-12)14-7-3/h9,11H,5-8H2,1-4H3,(H2,14,15,16,17). The van der Waals surface area contributed by atoms with Crippen LogP contribution < -0.4 is 10.6 Å². The van der Waals surface area contributed by atoms with E-state index in [1.54, 1.807) is 0 Å². The van der Waals surface area contributed by atoms with E-state index in [0.717, 1.165) is 24.5 Å². The van der Waals surface area contributed by atoms with Crippen molar-refractivity contribution in [1.82, 2.24) is 9.97 Å². The number of nitrogens with zero attached hydrogens (tertiary/aromatic N) is 2. The summed E-state index contributed by atoms with van der Waals surface area (Å²) in [7, 11) is 0. The minimum atomic E-state index is 0.503. The van der Waals surface area contributed by atoms with Gasteiger partial charge in [-0.05, 0) is 26.7 Å². The summed E-state index contributed by atoms with van der Waals surface area (Å²) in [6.45, 7) is 9.29. The van der Waals surface area contributed by atoms with Gasteiger partial charge in [0.15, 0.2) is 0 Å². The lowest BCUT2D eigenvalue weighted by atomic mass is 10.1. The van der Waals surface area contributed by atoms with E-state index >= 15 is 0 Å². The van der Waals surface area contributed by atoms with Gasteiger partial charge in [0.2, 0.25) is 5.95 Å². The van der Waals surface area contributed by atoms with Crippen molar-refractivity contribution in [3.63, 3.8) is 0 Å². The Bertz CT molecular complexity index is 338. The molecular weight excluding hydrogens is 212 g/mol. The van der Waals surface area contributed by atoms with Gasteiger partial charge in [-0.15, -0.1) is 0 Å². The van der Waals surface area contributed by atoms with Crippen LogP contribution in [0.5, 0.6) is 0 Å². The second-order valence-electron chi connectivity index (χ2n) is 4.29. The van der Waals surface area contributed by atoms with Crippen LogP contribution in [-0.4, -0.2) is 22.6 Å². The average Bonchev–Trinajstić information content (AvgIpc) is 2.28. The summed E-state index contributed by atoms with van der Waals surface area (Å²) in [6.07, 6.45) is 3.49. The predicted octanol–water partition coefficient (Wildman–Crippen LogP) is 3.21. The fraction of sp³-hybridized carbons (Fsp3) is 0.692. The summed E-state index contributed by atoms with van der Waals surface area (Å²) in [4.78, 5) is 8.80. The predicted molar refractivity (Wildman–Crippen MR) is 73.5 cm³/mol. The first kappa shape index (κ1) is 13.7. The van der Waals surface area contributed by atoms with Crippen LogP contribution in [0.1, 0.15) is 45.7 Å². The van der Waals surface area contributed by atoms with E-state index in [2.05, 4.69) is 34.4 Å². The van der Waals surface area contributed by atoms with Crippen LogP contribution in [0.15, 0.2) is 6.07 Å². The topological polar surface area (TPSA) is 49.8 Å². The average molecular weight is 236 g/mol. The van der Waals surface area contributed by atoms with E-state index in [-0.39, 0.29) is 0 Å². The van der Waals surface area contributed by atoms with E-state index in [1.807, 2.05) is 19.9 Å². The molecule has 0 aliphatic carbocycles. The Morgan fingerprint density at radius 1 is 1.24 bits per heavy atom. The van der Waals surface area contributed by atoms with Crippen molar-refractivity contribution >= 4 is 11.8 Å². The minimum absolute atomic E-state index is 0.503. The molecule has 0 aliphatic rings. The molecule has 0 radical (unpaired) electrons. The third-order valence-electron chi connectivity index (χ3n) is 2.67. The third kappa shape index (κ3) is 4.59. The number of aryl methyl sites for hydroxylation is 1. The maximum absolute atomic E-state index is 4.46. The van der Waals surface area contributed by atoms with E-state index in [4.69, 9.17) is 0 Å². The van der Waals surface area contributed by atoms with Gasteiger partial charge in [-0.3, -0.25) is 0 Å². The zero-order chi connectivity index (χ0) is 12.7. The Hall–Kier alpha value is -1.32. The Balaban J connectivity index is 2.75. The van der Waals surface area contributed by atoms with E-state index in [1.165, 1.54) is 12.8 Å². The normalized spacial score (nSPS) is 12.2. The molecule has 0 saturated carbocycles. The van der Waals surface area contributed by atoms with Crippen molar-refractivity contribution < 1.29 is 0 Å². The minimum Gasteiger partial charge on any atom is -0.367 e. The second-order valence-corrected chi connectivity index (χ2v) is 4.29. The molecule has 0 bridgehead atoms. The highest BCUT2D eigenvalue weighted by Crippen LogP contribution is 2.13. The number of rotatable bonds is 7. The fourth-order valence-corrected chi connectivity index (χ4v) is 1.82. The fourth-order valence-electron chi connectivity index (χ4n) is 1.82. The Morgan fingerprint density at radius 3 is 2.59 bits per heavy atom. The summed E-state index contributed by atoms with van der Waals surface area (Å²) in [5, 5.41) is 6.63. The van der Waals surface area contributed by atoms with Gasteiger partial charge in [-0.1, -0.05) is 20.3 Å². The van der Waals surface area contributed by atoms with Crippen LogP contribution in [0.25, 0.3) is 0 Å². The van der Waals surface area contributed by atoms with Gasteiger partial charge < -0.3 is 10.6 Å². The highest BCUT2D eigenvalue weighted by Gasteiger charge is 2.07. The van der Waals surface area contributed by atoms with Crippen molar-refractivity contribution in [2.24, 2.45) is 0 Å². The second kappa shape index (κ2) is 7.09. The quantitative estimate of drug-likeness (QED) is 0.763. The lowest BCUT2D eigenvalue weighted by molar-refractivity contribution is 0.620. The van der Waals surface area contributed by atoms with Crippen molar-refractivity contribution in [2.75, 3.05) is 17.2 Å². The van der Waals surface area contributed by atoms with Crippen LogP contribution in [0.3, 0.4) is 0 Å². The molecule has 1 atom stereocenters. The molecular formula is C13H24N4. The summed E-state index contributed by atoms with van der Waals surface area (Å²) in [5.74, 6) is 1.63. The molecule has 2 N–H and O–H groups in total. The van der Waals surface area contributed by atoms with E-state index in [9.17, 15) is 0 Å². The summed E-state index contributed by atoms with van der Waals surface area (Å²) in [5.41, 5.74) is 0.991. The van der Waals surface area contributed by atoms with Gasteiger partial charge in [0, 0.05) is 24.3 Å². The van der Waals surface area contributed by atoms with Crippen molar-refractivity contribution in [3.05, 3.63) is 11.8 Å². The van der Waals surface area contributed by atoms with Gasteiger partial charge >= 0.3 is 0 Å². The van der Waals surface area contributed by atoms with Crippen LogP contribution in [0.4, 0.5) is 11.8 Å². The molecule has 96 valence electrons. The number of anilines is 2. The first-order valence-corrected chi connectivity index (χ1v) is 6.55. The molecule has 1 rings (SSSR count). The molecule has 0 aromatic carbocycles. The molecule has 1 aromatic rings. The van der Waals surface area contributed by atoms with Crippen LogP contribution in [-0.2, 0) is 0 Å². The zero-order valence-corrected chi connectivity index (χ0v) is 11.4. The Morgan fingerprint density at radius 2 is 2.00 bits per heavy atom. The van der Waals surface area contributed by atoms with E-state index < -0.39 is 0 Å². The smallest absolute Gasteiger partial charge is 0.224 e. The lowest BCUT2D eigenvalue weighted by Crippen LogP contribution is -2.19. The number of hydrogen-bond donors (Lipinski definition) is 2. The SMILES string of the molecule is CCCC(CC)Nc1cc(C)nc(NCC)n1. The first-order chi connectivity index (χ1) is 8.19. The monoisotopic (exact) mass is 236 g/mol. The molecule has 1 unspecified atom stereocenters. The van der Waals surface area contributed by atoms with Gasteiger partial charge in [0.25, 0.3) is 0 Å². The summed E-state index contributed by atoms with van der Waals surface area (Å²) >= 11 is 0. The number of aromatic nitrogens is 2. The molecule has 0 aliphatic heterocycles. The maximum Gasteiger partial charge on any atom is 0.224 e. The first-order valence-electron chi connectivity index (χ1n) is 6.55. The maximum atomic E-state index is 4.46. The highest BCUT2D eigenvalue weighted by atomic mass is 15.1. The largest absolute Gasteiger partial charge is 0.367 e. The van der Waals surface area contributed by atoms with Crippen molar-refractivity contribution in [1.29, 1.82) is 0 Å². The molecule has 0 saturated heterocycles. The molecule has 17 heavy (non-hydrogen) atoms. The van der Waals surface area contributed by atoms with Gasteiger partial charge in [-0.25, -0.2) is 4.98 Å². The van der Waals surface area contributed by atoms with E-state index in [0.29, 0.717) is 12.0 Å². The summed E-state index contributed by atoms with van der Waals surface area (Å²) in [6, 6.07) is 2.50. The van der Waals surface area contributed by atoms with Gasteiger partial charge in [-0.2, -0.15) is 4.98 Å². The molecule has 1 heterocycles. The Kier molecular flexibility index (Phi) is 5.73. The van der Waals surface area contributed by atoms with Crippen molar-refractivity contribution in [2.45, 2.75) is 53.0 Å². The molecule has 1 aromatic heterocycles. The molecule has 0 amide bonds. The van der Waals surface area contributed by atoms with Crippen LogP contribution >= 0.6 is 0 Å². The van der Waals surface area contributed by atoms with Gasteiger partial charge in [0.05, 0.1) is 0 Å². The third-order valence-corrected chi connectivity index (χ3v) is 2.67. The van der Waals surface area contributed by atoms with Gasteiger partial charge in [0.1, 0.15) is 5.82 Å². The number of hydrogen-bond acceptors (Lipinski definition) is 4. The molecule has 4 nitrogen and oxygen atoms in total. The summed E-state index contributed by atoms with van der Waals surface area (Å²) < 4.78 is 0. The zero-order valence-electron chi connectivity index (χ0n) is 11.4. The lowest BCUT2D eigenvalue weighted by Gasteiger charge is -2.17. The Labute approximate surface area is 104 Å². The number of nitrogens with one attached hydrogen (secondary N) is 2. The highest BCUT2D eigenvalue weighted by molar-refractivity contribution is 5.42. The van der Waals surface area contributed by atoms with Crippen LogP contribution in [0, 0.1) is 6.92 Å².